The lowest BCUT2D eigenvalue weighted by Crippen LogP contribution is -2.49. The molecule has 1 aromatic carbocycles. The highest BCUT2D eigenvalue weighted by atomic mass is 16.5. The highest BCUT2D eigenvalue weighted by Crippen LogP contribution is 2.31. The van der Waals surface area contributed by atoms with Crippen molar-refractivity contribution in [3.05, 3.63) is 100 Å². The van der Waals surface area contributed by atoms with Gasteiger partial charge in [-0.2, -0.15) is 4.57 Å². The van der Waals surface area contributed by atoms with Gasteiger partial charge in [-0.25, -0.2) is 10.1 Å². The molecule has 4 heterocycles. The minimum atomic E-state index is -1.24. The van der Waals surface area contributed by atoms with E-state index in [4.69, 9.17) is 19.6 Å². The minimum absolute atomic E-state index is 0.0187. The molecule has 1 fully saturated rings. The number of benzene rings is 1. The second kappa shape index (κ2) is 12.3. The van der Waals surface area contributed by atoms with Crippen molar-refractivity contribution >= 4 is 23.6 Å². The molecule has 5 rings (SSSR count). The average molecular weight is 572 g/mol. The maximum atomic E-state index is 11.6. The molecule has 2 atom stereocenters. The number of carboxylic acids is 1. The highest BCUT2D eigenvalue weighted by molar-refractivity contribution is 6.08. The van der Waals surface area contributed by atoms with Gasteiger partial charge in [0.1, 0.15) is 18.1 Å². The molecule has 2 unspecified atom stereocenters. The van der Waals surface area contributed by atoms with Gasteiger partial charge in [0.15, 0.2) is 5.57 Å². The monoisotopic (exact) mass is 571 g/mol. The van der Waals surface area contributed by atoms with Crippen molar-refractivity contribution in [2.45, 2.75) is 59.0 Å². The molecule has 3 aliphatic heterocycles. The second-order valence-corrected chi connectivity index (χ2v) is 10.9. The first-order valence-corrected chi connectivity index (χ1v) is 14.3. The first-order chi connectivity index (χ1) is 20.2. The molecule has 9 heteroatoms. The van der Waals surface area contributed by atoms with E-state index in [9.17, 15) is 9.90 Å². The first-order valence-electron chi connectivity index (χ1n) is 14.3. The van der Waals surface area contributed by atoms with E-state index in [1.54, 1.807) is 6.08 Å². The molecule has 0 bridgehead atoms. The molecule has 0 radical (unpaired) electrons. The summed E-state index contributed by atoms with van der Waals surface area (Å²) in [5.41, 5.74) is 7.20. The van der Waals surface area contributed by atoms with Crippen LogP contribution in [0.2, 0.25) is 0 Å². The maximum absolute atomic E-state index is 11.6. The van der Waals surface area contributed by atoms with Crippen molar-refractivity contribution in [2.24, 2.45) is 0 Å². The van der Waals surface area contributed by atoms with E-state index in [0.717, 1.165) is 67.8 Å². The topological polar surface area (TPSA) is 108 Å². The van der Waals surface area contributed by atoms with E-state index in [1.165, 1.54) is 16.7 Å². The predicted octanol–water partition coefficient (Wildman–Crippen LogP) is 5.03. The van der Waals surface area contributed by atoms with Crippen LogP contribution in [-0.4, -0.2) is 48.0 Å². The van der Waals surface area contributed by atoms with Gasteiger partial charge in [-0.05, 0) is 66.6 Å². The molecule has 0 aliphatic carbocycles. The van der Waals surface area contributed by atoms with Gasteiger partial charge in [-0.3, -0.25) is 4.90 Å². The SMILES string of the molecule is C=C/C(=C(/OCc1ccc2c(c1C)CCN(C1CCOC1)C2)C(=C)C)c1cccc2[n+]1C(C)O/C(=C(/C=N)C(=O)O)N2. The zero-order chi connectivity index (χ0) is 30.0. The molecule has 1 aromatic heterocycles. The second-order valence-electron chi connectivity index (χ2n) is 10.9. The summed E-state index contributed by atoms with van der Waals surface area (Å²) in [6.45, 7) is 18.3. The summed E-state index contributed by atoms with van der Waals surface area (Å²) in [5.74, 6) is 0.0121. The first kappa shape index (κ1) is 29.3. The molecular weight excluding hydrogens is 532 g/mol. The number of fused-ring (bicyclic) bond motifs is 2. The van der Waals surface area contributed by atoms with Crippen LogP contribution >= 0.6 is 0 Å². The van der Waals surface area contributed by atoms with Crippen molar-refractivity contribution in [3.63, 3.8) is 0 Å². The Morgan fingerprint density at radius 2 is 2.14 bits per heavy atom. The molecule has 42 heavy (non-hydrogen) atoms. The number of ether oxygens (including phenoxy) is 3. The fourth-order valence-corrected chi connectivity index (χ4v) is 6.04. The van der Waals surface area contributed by atoms with Crippen LogP contribution in [0.25, 0.3) is 5.57 Å². The number of anilines is 1. The third-order valence-electron chi connectivity index (χ3n) is 8.28. The van der Waals surface area contributed by atoms with Gasteiger partial charge in [0.25, 0.3) is 5.82 Å². The summed E-state index contributed by atoms with van der Waals surface area (Å²) in [7, 11) is 0. The van der Waals surface area contributed by atoms with Crippen molar-refractivity contribution in [1.82, 2.24) is 4.90 Å². The number of allylic oxidation sites excluding steroid dienone is 3. The van der Waals surface area contributed by atoms with E-state index in [-0.39, 0.29) is 11.5 Å². The van der Waals surface area contributed by atoms with Crippen LogP contribution < -0.4 is 9.88 Å². The summed E-state index contributed by atoms with van der Waals surface area (Å²) >= 11 is 0. The van der Waals surface area contributed by atoms with Gasteiger partial charge in [0, 0.05) is 44.9 Å². The molecule has 1 saturated heterocycles. The average Bonchev–Trinajstić information content (AvgIpc) is 3.51. The Balaban J connectivity index is 1.43. The molecule has 3 aliphatic rings. The Labute approximate surface area is 246 Å². The molecule has 0 spiro atoms. The number of aromatic nitrogens is 1. The fourth-order valence-electron chi connectivity index (χ4n) is 6.04. The highest BCUT2D eigenvalue weighted by Gasteiger charge is 2.34. The van der Waals surface area contributed by atoms with E-state index >= 15 is 0 Å². The van der Waals surface area contributed by atoms with Crippen LogP contribution in [0.15, 0.2) is 72.4 Å². The van der Waals surface area contributed by atoms with Gasteiger partial charge in [-0.15, -0.1) is 0 Å². The summed E-state index contributed by atoms with van der Waals surface area (Å²) in [4.78, 5) is 14.2. The molecule has 2 aromatic rings. The number of rotatable bonds is 9. The number of hydrogen-bond acceptors (Lipinski definition) is 7. The number of nitrogens with one attached hydrogen (secondary N) is 2. The minimum Gasteiger partial charge on any atom is -0.488 e. The Hall–Kier alpha value is -4.21. The van der Waals surface area contributed by atoms with Gasteiger partial charge in [0.2, 0.25) is 6.23 Å². The van der Waals surface area contributed by atoms with Gasteiger partial charge < -0.3 is 24.7 Å². The number of carbonyl (C=O) groups is 1. The Morgan fingerprint density at radius 1 is 1.33 bits per heavy atom. The largest absolute Gasteiger partial charge is 0.488 e. The normalized spacial score (nSPS) is 21.6. The van der Waals surface area contributed by atoms with Crippen LogP contribution in [0.4, 0.5) is 5.82 Å². The van der Waals surface area contributed by atoms with Crippen LogP contribution in [0.1, 0.15) is 54.4 Å². The third-order valence-corrected chi connectivity index (χ3v) is 8.28. The third kappa shape index (κ3) is 5.62. The standard InChI is InChI=1S/C33H38N4O5/c1-6-26(29-8-7-9-30-35-32(28(16-34)33(38)39)42-22(5)37(29)30)31(20(2)3)41-18-24-11-10-23-17-36(25-13-15-40-19-25)14-12-27(23)21(24)4/h6-11,16,22,25,34H,1-2,12-15,17-19H2,3-5H3,(H,38,39)/p+1/b31-26-,32-28-,34-16?. The molecular formula is C33H39N4O5+. The summed E-state index contributed by atoms with van der Waals surface area (Å²) in [6.07, 6.45) is 4.06. The van der Waals surface area contributed by atoms with Crippen molar-refractivity contribution in [1.29, 1.82) is 5.41 Å². The van der Waals surface area contributed by atoms with Crippen molar-refractivity contribution in [2.75, 3.05) is 25.1 Å². The lowest BCUT2D eigenvalue weighted by Gasteiger charge is -2.34. The lowest BCUT2D eigenvalue weighted by molar-refractivity contribution is -0.750. The van der Waals surface area contributed by atoms with Crippen LogP contribution in [-0.2, 0) is 38.6 Å². The zero-order valence-corrected chi connectivity index (χ0v) is 24.5. The maximum Gasteiger partial charge on any atom is 0.345 e. The van der Waals surface area contributed by atoms with Crippen molar-refractivity contribution < 1.29 is 28.7 Å². The number of nitrogens with zero attached hydrogens (tertiary/aromatic N) is 2. The molecule has 9 nitrogen and oxygen atoms in total. The fraction of sp³-hybridized carbons (Fsp3) is 0.364. The number of hydrogen-bond donors (Lipinski definition) is 3. The Morgan fingerprint density at radius 3 is 2.81 bits per heavy atom. The van der Waals surface area contributed by atoms with E-state index in [1.807, 2.05) is 36.6 Å². The number of carboxylic acid groups (broad SMARTS) is 1. The van der Waals surface area contributed by atoms with Gasteiger partial charge in [0.05, 0.1) is 12.2 Å². The summed E-state index contributed by atoms with van der Waals surface area (Å²) in [6, 6.07) is 10.5. The molecule has 3 N–H and O–H groups in total. The van der Waals surface area contributed by atoms with Crippen LogP contribution in [0.5, 0.6) is 0 Å². The smallest absolute Gasteiger partial charge is 0.345 e. The van der Waals surface area contributed by atoms with Crippen LogP contribution in [0, 0.1) is 12.3 Å². The molecule has 0 saturated carbocycles. The van der Waals surface area contributed by atoms with E-state index in [0.29, 0.717) is 24.2 Å². The Bertz CT molecular complexity index is 1500. The Kier molecular flexibility index (Phi) is 8.61. The van der Waals surface area contributed by atoms with E-state index in [2.05, 4.69) is 42.4 Å². The van der Waals surface area contributed by atoms with Crippen molar-refractivity contribution in [3.8, 4) is 0 Å². The number of aliphatic carboxylic acids is 1. The predicted molar refractivity (Wildman–Crippen MR) is 161 cm³/mol. The molecule has 220 valence electrons. The van der Waals surface area contributed by atoms with E-state index < -0.39 is 12.2 Å². The summed E-state index contributed by atoms with van der Waals surface area (Å²) < 4.78 is 19.9. The summed E-state index contributed by atoms with van der Waals surface area (Å²) in [5, 5.41) is 20.0. The lowest BCUT2D eigenvalue weighted by atomic mass is 9.91. The van der Waals surface area contributed by atoms with Crippen LogP contribution in [0.3, 0.4) is 0 Å². The zero-order valence-electron chi connectivity index (χ0n) is 24.5. The number of pyridine rings is 1. The van der Waals surface area contributed by atoms with Gasteiger partial charge >= 0.3 is 11.9 Å². The molecule has 0 amide bonds. The quantitative estimate of drug-likeness (QED) is 0.127. The van der Waals surface area contributed by atoms with Gasteiger partial charge in [-0.1, -0.05) is 31.4 Å².